The second-order valence-electron chi connectivity index (χ2n) is 4.55. The Hall–Kier alpha value is -0.710. The second kappa shape index (κ2) is 6.16. The molecule has 0 spiro atoms. The summed E-state index contributed by atoms with van der Waals surface area (Å²) in [5.74, 6) is -0.146. The summed E-state index contributed by atoms with van der Waals surface area (Å²) < 4.78 is 14.9. The van der Waals surface area contributed by atoms with Gasteiger partial charge in [0.2, 0.25) is 0 Å². The summed E-state index contributed by atoms with van der Waals surface area (Å²) >= 11 is 5.28. The fourth-order valence-corrected chi connectivity index (χ4v) is 3.66. The van der Waals surface area contributed by atoms with Crippen LogP contribution in [0.3, 0.4) is 0 Å². The molecule has 0 fully saturated rings. The fraction of sp³-hybridized carbons (Fsp3) is 0.333. The standard InChI is InChI=1S/C15H17BrFNS/c1-4-18-15(14-8-12(16)10(3)19-14)11-6-5-9(2)13(17)7-11/h5-8,15,18H,4H2,1-3H3. The van der Waals surface area contributed by atoms with Gasteiger partial charge in [-0.1, -0.05) is 19.1 Å². The van der Waals surface area contributed by atoms with Gasteiger partial charge in [0.15, 0.2) is 0 Å². The third-order valence-electron chi connectivity index (χ3n) is 3.10. The molecule has 4 heteroatoms. The molecule has 2 rings (SSSR count). The summed E-state index contributed by atoms with van der Waals surface area (Å²) in [6.45, 7) is 6.77. The molecule has 1 unspecified atom stereocenters. The van der Waals surface area contributed by atoms with E-state index in [4.69, 9.17) is 0 Å². The van der Waals surface area contributed by atoms with Gasteiger partial charge in [-0.3, -0.25) is 0 Å². The van der Waals surface area contributed by atoms with Crippen molar-refractivity contribution in [2.75, 3.05) is 6.54 Å². The number of benzene rings is 1. The van der Waals surface area contributed by atoms with Gasteiger partial charge in [0, 0.05) is 14.2 Å². The van der Waals surface area contributed by atoms with Gasteiger partial charge in [0.05, 0.1) is 6.04 Å². The van der Waals surface area contributed by atoms with Gasteiger partial charge >= 0.3 is 0 Å². The molecule has 1 aromatic carbocycles. The number of nitrogens with one attached hydrogen (secondary N) is 1. The summed E-state index contributed by atoms with van der Waals surface area (Å²) in [4.78, 5) is 2.44. The number of rotatable bonds is 4. The Balaban J connectivity index is 2.41. The van der Waals surface area contributed by atoms with Gasteiger partial charge < -0.3 is 5.32 Å². The molecular formula is C15H17BrFNS. The highest BCUT2D eigenvalue weighted by Gasteiger charge is 2.17. The first-order valence-electron chi connectivity index (χ1n) is 6.28. The van der Waals surface area contributed by atoms with Crippen molar-refractivity contribution in [1.82, 2.24) is 5.32 Å². The highest BCUT2D eigenvalue weighted by molar-refractivity contribution is 9.10. The van der Waals surface area contributed by atoms with Crippen LogP contribution in [-0.4, -0.2) is 6.54 Å². The van der Waals surface area contributed by atoms with E-state index in [9.17, 15) is 4.39 Å². The van der Waals surface area contributed by atoms with E-state index in [1.165, 1.54) is 9.75 Å². The maximum atomic E-state index is 13.7. The van der Waals surface area contributed by atoms with Crippen molar-refractivity contribution in [2.45, 2.75) is 26.8 Å². The topological polar surface area (TPSA) is 12.0 Å². The first-order valence-corrected chi connectivity index (χ1v) is 7.89. The highest BCUT2D eigenvalue weighted by Crippen LogP contribution is 2.34. The van der Waals surface area contributed by atoms with Crippen LogP contribution >= 0.6 is 27.3 Å². The van der Waals surface area contributed by atoms with Gasteiger partial charge in [-0.25, -0.2) is 4.39 Å². The maximum Gasteiger partial charge on any atom is 0.126 e. The zero-order chi connectivity index (χ0) is 14.0. The summed E-state index contributed by atoms with van der Waals surface area (Å²) in [5.41, 5.74) is 1.65. The van der Waals surface area contributed by atoms with Crippen molar-refractivity contribution in [1.29, 1.82) is 0 Å². The van der Waals surface area contributed by atoms with Crippen LogP contribution in [0.25, 0.3) is 0 Å². The normalized spacial score (nSPS) is 12.7. The van der Waals surface area contributed by atoms with Crippen molar-refractivity contribution < 1.29 is 4.39 Å². The Labute approximate surface area is 126 Å². The average molecular weight is 342 g/mol. The lowest BCUT2D eigenvalue weighted by Gasteiger charge is -2.17. The third-order valence-corrected chi connectivity index (χ3v) is 5.30. The number of hydrogen-bond acceptors (Lipinski definition) is 2. The van der Waals surface area contributed by atoms with Crippen LogP contribution < -0.4 is 5.32 Å². The molecular weight excluding hydrogens is 325 g/mol. The molecule has 19 heavy (non-hydrogen) atoms. The molecule has 0 saturated heterocycles. The molecule has 1 N–H and O–H groups in total. The third kappa shape index (κ3) is 3.25. The number of hydrogen-bond donors (Lipinski definition) is 1. The predicted molar refractivity (Wildman–Crippen MR) is 83.4 cm³/mol. The lowest BCUT2D eigenvalue weighted by atomic mass is 10.0. The van der Waals surface area contributed by atoms with Gasteiger partial charge in [-0.2, -0.15) is 0 Å². The molecule has 1 atom stereocenters. The number of thiophene rings is 1. The van der Waals surface area contributed by atoms with Crippen LogP contribution in [0.5, 0.6) is 0 Å². The van der Waals surface area contributed by atoms with Gasteiger partial charge in [-0.15, -0.1) is 11.3 Å². The van der Waals surface area contributed by atoms with Crippen LogP contribution in [0.2, 0.25) is 0 Å². The molecule has 1 nitrogen and oxygen atoms in total. The van der Waals surface area contributed by atoms with Crippen LogP contribution in [0.1, 0.15) is 33.8 Å². The summed E-state index contributed by atoms with van der Waals surface area (Å²) in [5, 5.41) is 3.43. The second-order valence-corrected chi connectivity index (χ2v) is 6.69. The molecule has 102 valence electrons. The van der Waals surface area contributed by atoms with Crippen LogP contribution in [0.4, 0.5) is 4.39 Å². The fourth-order valence-electron chi connectivity index (χ4n) is 2.00. The van der Waals surface area contributed by atoms with Crippen LogP contribution in [0.15, 0.2) is 28.7 Å². The molecule has 0 bridgehead atoms. The largest absolute Gasteiger partial charge is 0.306 e. The SMILES string of the molecule is CCNC(c1ccc(C)c(F)c1)c1cc(Br)c(C)s1. The van der Waals surface area contributed by atoms with Crippen molar-refractivity contribution >= 4 is 27.3 Å². The highest BCUT2D eigenvalue weighted by atomic mass is 79.9. The average Bonchev–Trinajstić information content (AvgIpc) is 2.70. The summed E-state index contributed by atoms with van der Waals surface area (Å²) in [7, 11) is 0. The van der Waals surface area contributed by atoms with Crippen LogP contribution in [0, 0.1) is 19.7 Å². The molecule has 0 aliphatic rings. The Morgan fingerprint density at radius 3 is 2.58 bits per heavy atom. The van der Waals surface area contributed by atoms with E-state index >= 15 is 0 Å². The lowest BCUT2D eigenvalue weighted by molar-refractivity contribution is 0.600. The number of aryl methyl sites for hydroxylation is 2. The van der Waals surface area contributed by atoms with Crippen molar-refractivity contribution in [2.24, 2.45) is 0 Å². The predicted octanol–water partition coefficient (Wildman–Crippen LogP) is 4.97. The van der Waals surface area contributed by atoms with Crippen molar-refractivity contribution in [3.63, 3.8) is 0 Å². The summed E-state index contributed by atoms with van der Waals surface area (Å²) in [6.07, 6.45) is 0. The van der Waals surface area contributed by atoms with E-state index in [0.29, 0.717) is 5.56 Å². The van der Waals surface area contributed by atoms with Gasteiger partial charge in [-0.05, 0) is 59.6 Å². The quantitative estimate of drug-likeness (QED) is 0.828. The van der Waals surface area contributed by atoms with E-state index in [1.807, 2.05) is 12.1 Å². The van der Waals surface area contributed by atoms with Gasteiger partial charge in [0.1, 0.15) is 5.82 Å². The number of halogens is 2. The zero-order valence-corrected chi connectivity index (χ0v) is 13.7. The minimum atomic E-state index is -0.146. The van der Waals surface area contributed by atoms with Crippen molar-refractivity contribution in [3.8, 4) is 0 Å². The molecule has 1 heterocycles. The van der Waals surface area contributed by atoms with E-state index in [2.05, 4.69) is 41.2 Å². The monoisotopic (exact) mass is 341 g/mol. The molecule has 0 amide bonds. The Morgan fingerprint density at radius 2 is 2.05 bits per heavy atom. The zero-order valence-electron chi connectivity index (χ0n) is 11.3. The first-order chi connectivity index (χ1) is 9.02. The Kier molecular flexibility index (Phi) is 4.76. The summed E-state index contributed by atoms with van der Waals surface area (Å²) in [6, 6.07) is 7.63. The Bertz CT molecular complexity index is 560. The molecule has 0 radical (unpaired) electrons. The van der Waals surface area contributed by atoms with E-state index in [-0.39, 0.29) is 11.9 Å². The molecule has 0 saturated carbocycles. The van der Waals surface area contributed by atoms with E-state index in [1.54, 1.807) is 24.3 Å². The molecule has 2 aromatic rings. The van der Waals surface area contributed by atoms with E-state index < -0.39 is 0 Å². The Morgan fingerprint density at radius 1 is 1.32 bits per heavy atom. The minimum absolute atomic E-state index is 0.0510. The maximum absolute atomic E-state index is 13.7. The van der Waals surface area contributed by atoms with Gasteiger partial charge in [0.25, 0.3) is 0 Å². The minimum Gasteiger partial charge on any atom is -0.306 e. The van der Waals surface area contributed by atoms with E-state index in [0.717, 1.165) is 16.6 Å². The first kappa shape index (κ1) is 14.7. The van der Waals surface area contributed by atoms with Crippen LogP contribution in [-0.2, 0) is 0 Å². The molecule has 0 aliphatic carbocycles. The smallest absolute Gasteiger partial charge is 0.126 e. The molecule has 0 aliphatic heterocycles. The molecule has 1 aromatic heterocycles. The van der Waals surface area contributed by atoms with Crippen molar-refractivity contribution in [3.05, 3.63) is 55.4 Å². The lowest BCUT2D eigenvalue weighted by Crippen LogP contribution is -2.21.